The molecule has 5 rings (SSSR count). The fraction of sp³-hybridized carbons (Fsp3) is 0.129. The number of rotatable bonds is 7. The van der Waals surface area contributed by atoms with Crippen molar-refractivity contribution < 1.29 is 9.47 Å². The Bertz CT molecular complexity index is 1390. The first kappa shape index (κ1) is 25.4. The molecule has 0 amide bonds. The number of halogens is 2. The number of hydrogen-bond acceptors (Lipinski definition) is 3. The van der Waals surface area contributed by atoms with Gasteiger partial charge in [-0.1, -0.05) is 96.5 Å². The van der Waals surface area contributed by atoms with E-state index in [0.29, 0.717) is 24.1 Å². The topological polar surface area (TPSA) is 34.1 Å². The molecule has 186 valence electrons. The maximum atomic E-state index is 6.62. The van der Waals surface area contributed by atoms with Crippen LogP contribution in [-0.4, -0.2) is 18.0 Å². The molecule has 1 aliphatic rings. The van der Waals surface area contributed by atoms with Crippen LogP contribution in [0, 0.1) is 0 Å². The van der Waals surface area contributed by atoms with Gasteiger partial charge in [-0.2, -0.15) is 0 Å². The summed E-state index contributed by atoms with van der Waals surface area (Å²) < 4.78 is 13.1. The number of methoxy groups -OCH3 is 1. The fourth-order valence-electron chi connectivity index (χ4n) is 4.28. The summed E-state index contributed by atoms with van der Waals surface area (Å²) in [5.74, 6) is 1.67. The van der Waals surface area contributed by atoms with Gasteiger partial charge in [-0.3, -0.25) is 0 Å². The second kappa shape index (κ2) is 11.8. The van der Waals surface area contributed by atoms with Crippen molar-refractivity contribution >= 4 is 43.8 Å². The Morgan fingerprint density at radius 3 is 2.16 bits per heavy atom. The van der Waals surface area contributed by atoms with Crippen molar-refractivity contribution in [1.29, 1.82) is 0 Å². The summed E-state index contributed by atoms with van der Waals surface area (Å²) in [6, 6.07) is 37.1. The van der Waals surface area contributed by atoms with Gasteiger partial charge in [-0.15, -0.1) is 0 Å². The van der Waals surface area contributed by atoms with Crippen molar-refractivity contribution in [3.63, 3.8) is 0 Å². The molecule has 0 spiro atoms. The SMILES string of the molecule is COc1ccc(C2/C(=C(\I)c3ccccc3)OC(=NCc3ccccc3)N2Cc2ccc(Cl)cc2)cc1. The van der Waals surface area contributed by atoms with Gasteiger partial charge < -0.3 is 14.4 Å². The van der Waals surface area contributed by atoms with Crippen molar-refractivity contribution in [1.82, 2.24) is 4.90 Å². The number of ether oxygens (including phenoxy) is 2. The van der Waals surface area contributed by atoms with Gasteiger partial charge in [0.2, 0.25) is 0 Å². The lowest BCUT2D eigenvalue weighted by Crippen LogP contribution is -2.28. The molecule has 0 aromatic heterocycles. The second-order valence-electron chi connectivity index (χ2n) is 8.66. The molecule has 1 atom stereocenters. The van der Waals surface area contributed by atoms with Crippen LogP contribution in [0.4, 0.5) is 0 Å². The van der Waals surface area contributed by atoms with Crippen molar-refractivity contribution in [3.05, 3.63) is 142 Å². The monoisotopic (exact) mass is 620 g/mol. The highest BCUT2D eigenvalue weighted by Crippen LogP contribution is 2.44. The largest absolute Gasteiger partial charge is 0.497 e. The van der Waals surface area contributed by atoms with E-state index in [4.69, 9.17) is 26.1 Å². The molecular formula is C31H26ClIN2O2. The molecule has 37 heavy (non-hydrogen) atoms. The first-order valence-electron chi connectivity index (χ1n) is 12.0. The lowest BCUT2D eigenvalue weighted by Gasteiger charge is -2.24. The van der Waals surface area contributed by atoms with E-state index >= 15 is 0 Å². The van der Waals surface area contributed by atoms with E-state index in [1.165, 1.54) is 0 Å². The summed E-state index contributed by atoms with van der Waals surface area (Å²) in [6.45, 7) is 1.14. The molecule has 0 radical (unpaired) electrons. The van der Waals surface area contributed by atoms with Gasteiger partial charge in [0.05, 0.1) is 17.2 Å². The van der Waals surface area contributed by atoms with Gasteiger partial charge in [0.15, 0.2) is 0 Å². The first-order chi connectivity index (χ1) is 18.1. The third kappa shape index (κ3) is 6.00. The lowest BCUT2D eigenvalue weighted by molar-refractivity contribution is 0.367. The van der Waals surface area contributed by atoms with Crippen LogP contribution in [0.5, 0.6) is 5.75 Å². The number of aliphatic imine (C=N–C) groups is 1. The molecule has 0 saturated carbocycles. The standard InChI is InChI=1S/C31H26ClIN2O2/c1-36-27-18-14-25(15-19-27)29-30(28(33)24-10-6-3-7-11-24)37-31(34-20-22-8-4-2-5-9-22)35(29)21-23-12-16-26(32)17-13-23/h2-19,29H,20-21H2,1H3/b30-28+,34-31?. The molecule has 1 saturated heterocycles. The predicted molar refractivity (Wildman–Crippen MR) is 159 cm³/mol. The number of nitrogens with zero attached hydrogens (tertiary/aromatic N) is 2. The Kier molecular flexibility index (Phi) is 8.12. The quantitative estimate of drug-likeness (QED) is 0.195. The molecular weight excluding hydrogens is 595 g/mol. The van der Waals surface area contributed by atoms with E-state index in [0.717, 1.165) is 37.3 Å². The van der Waals surface area contributed by atoms with Crippen molar-refractivity contribution in [2.24, 2.45) is 4.99 Å². The average Bonchev–Trinajstić information content (AvgIpc) is 3.31. The molecule has 4 nitrogen and oxygen atoms in total. The van der Waals surface area contributed by atoms with Crippen LogP contribution in [0.2, 0.25) is 5.02 Å². The maximum absolute atomic E-state index is 6.62. The summed E-state index contributed by atoms with van der Waals surface area (Å²) in [4.78, 5) is 7.18. The predicted octanol–water partition coefficient (Wildman–Crippen LogP) is 8.28. The summed E-state index contributed by atoms with van der Waals surface area (Å²) in [5, 5.41) is 0.713. The minimum absolute atomic E-state index is 0.164. The molecule has 0 N–H and O–H groups in total. The fourth-order valence-corrected chi connectivity index (χ4v) is 5.18. The van der Waals surface area contributed by atoms with Crippen LogP contribution >= 0.6 is 34.2 Å². The molecule has 1 fully saturated rings. The molecule has 6 heteroatoms. The van der Waals surface area contributed by atoms with Gasteiger partial charge >= 0.3 is 0 Å². The van der Waals surface area contributed by atoms with Gasteiger partial charge in [-0.05, 0) is 69.1 Å². The van der Waals surface area contributed by atoms with E-state index in [2.05, 4.69) is 63.9 Å². The molecule has 0 aliphatic carbocycles. The summed E-state index contributed by atoms with van der Waals surface area (Å²) in [5.41, 5.74) is 4.45. The van der Waals surface area contributed by atoms with E-state index in [1.54, 1.807) is 7.11 Å². The third-order valence-electron chi connectivity index (χ3n) is 6.19. The number of hydrogen-bond donors (Lipinski definition) is 0. The Morgan fingerprint density at radius 2 is 1.51 bits per heavy atom. The Labute approximate surface area is 236 Å². The zero-order valence-corrected chi connectivity index (χ0v) is 23.3. The second-order valence-corrected chi connectivity index (χ2v) is 10.2. The van der Waals surface area contributed by atoms with Gasteiger partial charge in [0.1, 0.15) is 17.6 Å². The summed E-state index contributed by atoms with van der Waals surface area (Å²) in [7, 11) is 1.68. The molecule has 4 aromatic rings. The number of amidine groups is 1. The van der Waals surface area contributed by atoms with Crippen molar-refractivity contribution in [2.45, 2.75) is 19.1 Å². The van der Waals surface area contributed by atoms with Gasteiger partial charge in [-0.25, -0.2) is 4.99 Å². The highest BCUT2D eigenvalue weighted by molar-refractivity contribution is 14.1. The highest BCUT2D eigenvalue weighted by Gasteiger charge is 2.39. The van der Waals surface area contributed by atoms with Crippen LogP contribution in [0.15, 0.2) is 120 Å². The van der Waals surface area contributed by atoms with Crippen LogP contribution in [-0.2, 0) is 17.8 Å². The summed E-state index contributed by atoms with van der Waals surface area (Å²) >= 11 is 8.57. The molecule has 4 aromatic carbocycles. The van der Waals surface area contributed by atoms with E-state index in [1.807, 2.05) is 72.8 Å². The Balaban J connectivity index is 1.62. The van der Waals surface area contributed by atoms with Crippen LogP contribution < -0.4 is 4.74 Å². The van der Waals surface area contributed by atoms with Crippen LogP contribution in [0.3, 0.4) is 0 Å². The average molecular weight is 621 g/mol. The minimum Gasteiger partial charge on any atom is -0.497 e. The smallest absolute Gasteiger partial charge is 0.294 e. The molecule has 1 unspecified atom stereocenters. The first-order valence-corrected chi connectivity index (χ1v) is 13.4. The normalized spacial score (nSPS) is 17.5. The molecule has 1 heterocycles. The zero-order valence-electron chi connectivity index (χ0n) is 20.4. The van der Waals surface area contributed by atoms with Gasteiger partial charge in [0.25, 0.3) is 6.02 Å². The van der Waals surface area contributed by atoms with E-state index in [-0.39, 0.29) is 6.04 Å². The third-order valence-corrected chi connectivity index (χ3v) is 7.59. The highest BCUT2D eigenvalue weighted by atomic mass is 127. The van der Waals surface area contributed by atoms with Crippen LogP contribution in [0.25, 0.3) is 3.58 Å². The Hall–Kier alpha value is -3.29. The molecule has 1 aliphatic heterocycles. The Morgan fingerprint density at radius 1 is 0.865 bits per heavy atom. The minimum atomic E-state index is -0.164. The number of benzene rings is 4. The zero-order chi connectivity index (χ0) is 25.6. The molecule has 0 bridgehead atoms. The van der Waals surface area contributed by atoms with Gasteiger partial charge in [0, 0.05) is 11.6 Å². The van der Waals surface area contributed by atoms with E-state index in [9.17, 15) is 0 Å². The van der Waals surface area contributed by atoms with Crippen molar-refractivity contribution in [2.75, 3.05) is 7.11 Å². The maximum Gasteiger partial charge on any atom is 0.294 e. The van der Waals surface area contributed by atoms with Crippen molar-refractivity contribution in [3.8, 4) is 5.75 Å². The summed E-state index contributed by atoms with van der Waals surface area (Å²) in [6.07, 6.45) is 0. The van der Waals surface area contributed by atoms with E-state index < -0.39 is 0 Å². The van der Waals surface area contributed by atoms with Crippen LogP contribution in [0.1, 0.15) is 28.3 Å². The lowest BCUT2D eigenvalue weighted by atomic mass is 10.0.